The van der Waals surface area contributed by atoms with Gasteiger partial charge >= 0.3 is 0 Å². The summed E-state index contributed by atoms with van der Waals surface area (Å²) in [4.78, 5) is 10.9. The summed E-state index contributed by atoms with van der Waals surface area (Å²) in [5, 5.41) is 8.63. The maximum Gasteiger partial charge on any atom is 0.164 e. The molecule has 0 saturated carbocycles. The van der Waals surface area contributed by atoms with Crippen LogP contribution in [0.25, 0.3) is 11.4 Å². The standard InChI is InChI=1S/C20H22ClF2N3O3S/c21-15-9-16(22)13(8-17(15)23)19-24-18-11-30(28,29)10-14(18)20(25-19)26-5-3-12(4-6-26)2-1-7-27/h1-2,8-9,12,27-29H,3-7,10-11H2. The minimum atomic E-state index is -2.87. The van der Waals surface area contributed by atoms with E-state index in [1.54, 1.807) is 6.08 Å². The van der Waals surface area contributed by atoms with Gasteiger partial charge in [-0.15, -0.1) is 0 Å². The van der Waals surface area contributed by atoms with Crippen LogP contribution in [-0.4, -0.2) is 43.9 Å². The summed E-state index contributed by atoms with van der Waals surface area (Å²) in [7, 11) is -2.87. The van der Waals surface area contributed by atoms with E-state index in [-0.39, 0.29) is 34.5 Å². The van der Waals surface area contributed by atoms with E-state index in [0.717, 1.165) is 25.0 Å². The van der Waals surface area contributed by atoms with Crippen LogP contribution in [0, 0.1) is 17.6 Å². The Labute approximate surface area is 179 Å². The number of allylic oxidation sites excluding steroid dienone is 1. The maximum absolute atomic E-state index is 14.5. The lowest BCUT2D eigenvalue weighted by atomic mass is 9.96. The van der Waals surface area contributed by atoms with Gasteiger partial charge < -0.3 is 10.0 Å². The number of anilines is 1. The van der Waals surface area contributed by atoms with E-state index < -0.39 is 22.2 Å². The Hall–Kier alpha value is -1.78. The number of aliphatic hydroxyl groups is 1. The molecule has 2 aliphatic rings. The Bertz CT molecular complexity index is 998. The molecule has 2 aliphatic heterocycles. The topological polar surface area (TPSA) is 89.7 Å². The quantitative estimate of drug-likeness (QED) is 0.459. The third-order valence-corrected chi connectivity index (χ3v) is 7.19. The predicted molar refractivity (Wildman–Crippen MR) is 114 cm³/mol. The number of benzene rings is 1. The van der Waals surface area contributed by atoms with Crippen molar-refractivity contribution in [2.75, 3.05) is 24.6 Å². The molecule has 0 radical (unpaired) electrons. The highest BCUT2D eigenvalue weighted by atomic mass is 35.5. The van der Waals surface area contributed by atoms with Crippen LogP contribution in [0.4, 0.5) is 14.6 Å². The number of aliphatic hydroxyl groups excluding tert-OH is 1. The molecule has 1 aromatic carbocycles. The zero-order valence-electron chi connectivity index (χ0n) is 16.1. The molecule has 3 N–H and O–H groups in total. The van der Waals surface area contributed by atoms with Gasteiger partial charge in [0.2, 0.25) is 0 Å². The summed E-state index contributed by atoms with van der Waals surface area (Å²) in [6.45, 7) is 1.34. The molecule has 0 bridgehead atoms. The van der Waals surface area contributed by atoms with Gasteiger partial charge in [0.05, 0.1) is 34.4 Å². The number of piperidine rings is 1. The van der Waals surface area contributed by atoms with Crippen molar-refractivity contribution in [2.24, 2.45) is 5.92 Å². The summed E-state index contributed by atoms with van der Waals surface area (Å²) < 4.78 is 49.0. The SMILES string of the molecule is OCC=CC1CCN(c2nc(-c3cc(F)c(Cl)cc3F)nc3c2CS(O)(O)C3)CC1. The Balaban J connectivity index is 1.72. The molecule has 1 saturated heterocycles. The van der Waals surface area contributed by atoms with Crippen LogP contribution >= 0.6 is 22.2 Å². The normalized spacial score (nSPS) is 20.0. The van der Waals surface area contributed by atoms with Gasteiger partial charge in [0.1, 0.15) is 17.5 Å². The lowest BCUT2D eigenvalue weighted by molar-refractivity contribution is 0.340. The highest BCUT2D eigenvalue weighted by molar-refractivity contribution is 8.23. The van der Waals surface area contributed by atoms with E-state index in [9.17, 15) is 17.9 Å². The van der Waals surface area contributed by atoms with Crippen molar-refractivity contribution in [1.29, 1.82) is 0 Å². The molecule has 0 spiro atoms. The molecule has 0 amide bonds. The first-order chi connectivity index (χ1) is 14.3. The molecular weight excluding hydrogens is 436 g/mol. The van der Waals surface area contributed by atoms with E-state index in [0.29, 0.717) is 36.1 Å². The van der Waals surface area contributed by atoms with E-state index in [2.05, 4.69) is 9.97 Å². The van der Waals surface area contributed by atoms with Crippen molar-refractivity contribution >= 4 is 28.0 Å². The van der Waals surface area contributed by atoms with Crippen LogP contribution in [0.3, 0.4) is 0 Å². The summed E-state index contributed by atoms with van der Waals surface area (Å²) in [6, 6.07) is 1.84. The second-order valence-electron chi connectivity index (χ2n) is 7.57. The van der Waals surface area contributed by atoms with Crippen LogP contribution in [0.2, 0.25) is 5.02 Å². The highest BCUT2D eigenvalue weighted by Crippen LogP contribution is 2.54. The van der Waals surface area contributed by atoms with Gasteiger partial charge in [-0.1, -0.05) is 23.8 Å². The third-order valence-electron chi connectivity index (χ3n) is 5.42. The molecular formula is C20H22ClF2N3O3S. The van der Waals surface area contributed by atoms with Crippen molar-refractivity contribution < 1.29 is 23.0 Å². The van der Waals surface area contributed by atoms with E-state index >= 15 is 0 Å². The summed E-state index contributed by atoms with van der Waals surface area (Å²) in [6.07, 6.45) is 5.40. The van der Waals surface area contributed by atoms with Crippen LogP contribution in [0.1, 0.15) is 24.1 Å². The van der Waals surface area contributed by atoms with E-state index in [1.165, 1.54) is 0 Å². The first-order valence-electron chi connectivity index (χ1n) is 9.58. The van der Waals surface area contributed by atoms with Crippen molar-refractivity contribution in [3.05, 3.63) is 52.2 Å². The molecule has 4 rings (SSSR count). The molecule has 1 fully saturated rings. The van der Waals surface area contributed by atoms with Gasteiger partial charge in [0, 0.05) is 18.7 Å². The largest absolute Gasteiger partial charge is 0.392 e. The zero-order valence-corrected chi connectivity index (χ0v) is 17.6. The molecule has 30 heavy (non-hydrogen) atoms. The average molecular weight is 458 g/mol. The number of aromatic nitrogens is 2. The Morgan fingerprint density at radius 2 is 1.87 bits per heavy atom. The number of halogens is 3. The molecule has 162 valence electrons. The fraction of sp³-hybridized carbons (Fsp3) is 0.400. The molecule has 0 atom stereocenters. The number of hydrogen-bond acceptors (Lipinski definition) is 6. The number of hydrogen-bond donors (Lipinski definition) is 3. The predicted octanol–water partition coefficient (Wildman–Crippen LogP) is 4.60. The fourth-order valence-electron chi connectivity index (χ4n) is 3.92. The second kappa shape index (κ2) is 8.39. The second-order valence-corrected chi connectivity index (χ2v) is 10.2. The minimum Gasteiger partial charge on any atom is -0.392 e. The molecule has 2 aromatic rings. The summed E-state index contributed by atoms with van der Waals surface area (Å²) >= 11 is 5.66. The van der Waals surface area contributed by atoms with Gasteiger partial charge in [-0.2, -0.15) is 10.6 Å². The van der Waals surface area contributed by atoms with Crippen LogP contribution < -0.4 is 4.90 Å². The van der Waals surface area contributed by atoms with Crippen LogP contribution in [-0.2, 0) is 11.5 Å². The van der Waals surface area contributed by atoms with Crippen LogP contribution in [0.15, 0.2) is 24.3 Å². The van der Waals surface area contributed by atoms with Gasteiger partial charge in [0.25, 0.3) is 0 Å². The summed E-state index contributed by atoms with van der Waals surface area (Å²) in [5.74, 6) is -0.629. The zero-order chi connectivity index (χ0) is 21.5. The monoisotopic (exact) mass is 457 g/mol. The first kappa shape index (κ1) is 21.5. The molecule has 0 aliphatic carbocycles. The molecule has 0 unspecified atom stereocenters. The number of nitrogens with zero attached hydrogens (tertiary/aromatic N) is 3. The third kappa shape index (κ3) is 4.31. The molecule has 10 heteroatoms. The van der Waals surface area contributed by atoms with Gasteiger partial charge in [-0.05, 0) is 30.9 Å². The van der Waals surface area contributed by atoms with Crippen molar-refractivity contribution in [1.82, 2.24) is 9.97 Å². The number of fused-ring (bicyclic) bond motifs is 1. The van der Waals surface area contributed by atoms with Crippen molar-refractivity contribution in [3.8, 4) is 11.4 Å². The Morgan fingerprint density at radius 1 is 1.13 bits per heavy atom. The highest BCUT2D eigenvalue weighted by Gasteiger charge is 2.33. The van der Waals surface area contributed by atoms with Gasteiger partial charge in [-0.25, -0.2) is 18.7 Å². The lowest BCUT2D eigenvalue weighted by Gasteiger charge is -2.33. The lowest BCUT2D eigenvalue weighted by Crippen LogP contribution is -2.34. The first-order valence-corrected chi connectivity index (χ1v) is 11.8. The molecule has 6 nitrogen and oxygen atoms in total. The average Bonchev–Trinajstić information content (AvgIpc) is 3.02. The molecule has 3 heterocycles. The van der Waals surface area contributed by atoms with E-state index in [1.807, 2.05) is 11.0 Å². The smallest absolute Gasteiger partial charge is 0.164 e. The van der Waals surface area contributed by atoms with Gasteiger partial charge in [0.15, 0.2) is 5.82 Å². The van der Waals surface area contributed by atoms with Crippen LogP contribution in [0.5, 0.6) is 0 Å². The Kier molecular flexibility index (Phi) is 6.00. The fourth-order valence-corrected chi connectivity index (χ4v) is 5.61. The number of rotatable bonds is 4. The molecule has 1 aromatic heterocycles. The Morgan fingerprint density at radius 3 is 2.57 bits per heavy atom. The minimum absolute atomic E-state index is 0.00350. The van der Waals surface area contributed by atoms with Crippen molar-refractivity contribution in [2.45, 2.75) is 24.3 Å². The van der Waals surface area contributed by atoms with Crippen molar-refractivity contribution in [3.63, 3.8) is 0 Å². The summed E-state index contributed by atoms with van der Waals surface area (Å²) in [5.41, 5.74) is 0.982. The van der Waals surface area contributed by atoms with E-state index in [4.69, 9.17) is 16.7 Å². The van der Waals surface area contributed by atoms with Gasteiger partial charge in [-0.3, -0.25) is 9.11 Å². The maximum atomic E-state index is 14.5.